The van der Waals surface area contributed by atoms with E-state index in [9.17, 15) is 9.59 Å². The fourth-order valence-electron chi connectivity index (χ4n) is 2.13. The summed E-state index contributed by atoms with van der Waals surface area (Å²) in [5.74, 6) is -0.573. The van der Waals surface area contributed by atoms with Gasteiger partial charge in [-0.2, -0.15) is 0 Å². The molecule has 0 fully saturated rings. The van der Waals surface area contributed by atoms with Crippen molar-refractivity contribution in [3.8, 4) is 5.75 Å². The zero-order valence-electron chi connectivity index (χ0n) is 12.0. The molecule has 0 bridgehead atoms. The van der Waals surface area contributed by atoms with Crippen molar-refractivity contribution in [1.82, 2.24) is 0 Å². The van der Waals surface area contributed by atoms with E-state index in [1.54, 1.807) is 39.0 Å². The van der Waals surface area contributed by atoms with Gasteiger partial charge in [0.05, 0.1) is 7.11 Å². The smallest absolute Gasteiger partial charge is 0.336 e. The SMILES string of the molecule is COc1ccc2c(c1)C(=O)[C@@](Cl)(C(=O)OC(C)(C)C)C2. The second-order valence-electron chi connectivity index (χ2n) is 5.83. The summed E-state index contributed by atoms with van der Waals surface area (Å²) in [6.45, 7) is 5.21. The number of rotatable bonds is 2. The van der Waals surface area contributed by atoms with Gasteiger partial charge in [-0.15, -0.1) is 0 Å². The maximum Gasteiger partial charge on any atom is 0.336 e. The molecule has 0 amide bonds. The molecule has 0 heterocycles. The average molecular weight is 297 g/mol. The molecule has 0 radical (unpaired) electrons. The number of halogens is 1. The molecule has 108 valence electrons. The first-order valence-corrected chi connectivity index (χ1v) is 6.69. The van der Waals surface area contributed by atoms with E-state index in [4.69, 9.17) is 21.1 Å². The normalized spacial score (nSPS) is 21.6. The van der Waals surface area contributed by atoms with E-state index >= 15 is 0 Å². The lowest BCUT2D eigenvalue weighted by Crippen LogP contribution is -2.43. The number of carbonyl (C=O) groups excluding carboxylic acids is 2. The summed E-state index contributed by atoms with van der Waals surface area (Å²) >= 11 is 6.27. The third-order valence-electron chi connectivity index (χ3n) is 3.08. The summed E-state index contributed by atoms with van der Waals surface area (Å²) in [4.78, 5) is 23.0. The molecule has 1 aliphatic rings. The lowest BCUT2D eigenvalue weighted by atomic mass is 10.0. The van der Waals surface area contributed by atoms with Crippen LogP contribution in [0.15, 0.2) is 18.2 Å². The van der Waals surface area contributed by atoms with Gasteiger partial charge in [0, 0.05) is 12.0 Å². The van der Waals surface area contributed by atoms with Crippen LogP contribution in [-0.4, -0.2) is 29.3 Å². The van der Waals surface area contributed by atoms with E-state index in [0.717, 1.165) is 5.56 Å². The molecule has 2 rings (SSSR count). The van der Waals surface area contributed by atoms with Crippen molar-refractivity contribution in [3.63, 3.8) is 0 Å². The van der Waals surface area contributed by atoms with Crippen molar-refractivity contribution in [2.45, 2.75) is 37.7 Å². The lowest BCUT2D eigenvalue weighted by molar-refractivity contribution is -0.156. The van der Waals surface area contributed by atoms with E-state index in [1.165, 1.54) is 7.11 Å². The minimum absolute atomic E-state index is 0.141. The highest BCUT2D eigenvalue weighted by atomic mass is 35.5. The quantitative estimate of drug-likeness (QED) is 0.478. The second kappa shape index (κ2) is 4.77. The molecule has 1 atom stereocenters. The zero-order valence-corrected chi connectivity index (χ0v) is 12.7. The van der Waals surface area contributed by atoms with Crippen molar-refractivity contribution in [2.75, 3.05) is 7.11 Å². The Morgan fingerprint density at radius 1 is 1.35 bits per heavy atom. The van der Waals surface area contributed by atoms with Gasteiger partial charge < -0.3 is 9.47 Å². The van der Waals surface area contributed by atoms with Crippen molar-refractivity contribution < 1.29 is 19.1 Å². The molecule has 0 aromatic heterocycles. The molecule has 1 aromatic rings. The largest absolute Gasteiger partial charge is 0.497 e. The molecule has 1 aliphatic carbocycles. The van der Waals surface area contributed by atoms with Gasteiger partial charge in [-0.05, 0) is 38.5 Å². The zero-order chi connectivity index (χ0) is 15.1. The van der Waals surface area contributed by atoms with E-state index in [0.29, 0.717) is 11.3 Å². The van der Waals surface area contributed by atoms with Crippen LogP contribution in [0.1, 0.15) is 36.7 Å². The van der Waals surface area contributed by atoms with Crippen LogP contribution in [0.5, 0.6) is 5.75 Å². The average Bonchev–Trinajstić information content (AvgIpc) is 2.61. The number of alkyl halides is 1. The highest BCUT2D eigenvalue weighted by Gasteiger charge is 2.52. The first-order valence-electron chi connectivity index (χ1n) is 6.31. The van der Waals surface area contributed by atoms with Crippen LogP contribution >= 0.6 is 11.6 Å². The maximum atomic E-state index is 12.4. The Morgan fingerprint density at radius 2 is 2.00 bits per heavy atom. The van der Waals surface area contributed by atoms with Crippen molar-refractivity contribution in [3.05, 3.63) is 29.3 Å². The first-order chi connectivity index (χ1) is 9.17. The van der Waals surface area contributed by atoms with Crippen LogP contribution in [0.3, 0.4) is 0 Å². The molecule has 0 unspecified atom stereocenters. The Morgan fingerprint density at radius 3 is 2.55 bits per heavy atom. The van der Waals surface area contributed by atoms with E-state index in [1.807, 2.05) is 0 Å². The topological polar surface area (TPSA) is 52.6 Å². The fraction of sp³-hybridized carbons (Fsp3) is 0.467. The Kier molecular flexibility index (Phi) is 3.54. The molecule has 0 aliphatic heterocycles. The number of esters is 1. The van der Waals surface area contributed by atoms with Crippen LogP contribution < -0.4 is 4.74 Å². The molecule has 20 heavy (non-hydrogen) atoms. The summed E-state index contributed by atoms with van der Waals surface area (Å²) in [6, 6.07) is 5.09. The van der Waals surface area contributed by atoms with Crippen molar-refractivity contribution >= 4 is 23.4 Å². The van der Waals surface area contributed by atoms with E-state index in [2.05, 4.69) is 0 Å². The number of ketones is 1. The summed E-state index contributed by atoms with van der Waals surface area (Å²) < 4.78 is 10.3. The van der Waals surface area contributed by atoms with Crippen LogP contribution in [0, 0.1) is 0 Å². The van der Waals surface area contributed by atoms with Crippen molar-refractivity contribution in [1.29, 1.82) is 0 Å². The number of Topliss-reactive ketones (excluding diaryl/α,β-unsaturated/α-hetero) is 1. The monoisotopic (exact) mass is 296 g/mol. The lowest BCUT2D eigenvalue weighted by Gasteiger charge is -2.25. The predicted octanol–water partition coefficient (Wildman–Crippen LogP) is 2.75. The second-order valence-corrected chi connectivity index (χ2v) is 6.48. The fourth-order valence-corrected chi connectivity index (χ4v) is 2.41. The third-order valence-corrected chi connectivity index (χ3v) is 3.54. The summed E-state index contributed by atoms with van der Waals surface area (Å²) in [5, 5.41) is 0. The van der Waals surface area contributed by atoms with Crippen LogP contribution in [0.25, 0.3) is 0 Å². The molecule has 5 heteroatoms. The number of hydrogen-bond donors (Lipinski definition) is 0. The van der Waals surface area contributed by atoms with Gasteiger partial charge >= 0.3 is 5.97 Å². The summed E-state index contributed by atoms with van der Waals surface area (Å²) in [5.41, 5.74) is 0.466. The van der Waals surface area contributed by atoms with Gasteiger partial charge in [0.25, 0.3) is 0 Å². The highest BCUT2D eigenvalue weighted by Crippen LogP contribution is 2.38. The number of fused-ring (bicyclic) bond motifs is 1. The van der Waals surface area contributed by atoms with E-state index < -0.39 is 22.2 Å². The van der Waals surface area contributed by atoms with E-state index in [-0.39, 0.29) is 6.42 Å². The van der Waals surface area contributed by atoms with Crippen LogP contribution in [0.2, 0.25) is 0 Å². The minimum atomic E-state index is -1.66. The molecule has 0 spiro atoms. The molecule has 1 aromatic carbocycles. The highest BCUT2D eigenvalue weighted by molar-refractivity contribution is 6.49. The summed E-state index contributed by atoms with van der Waals surface area (Å²) in [6.07, 6.45) is 0.141. The number of ether oxygens (including phenoxy) is 2. The van der Waals surface area contributed by atoms with Gasteiger partial charge in [0.2, 0.25) is 4.87 Å². The van der Waals surface area contributed by atoms with Gasteiger partial charge in [-0.3, -0.25) is 4.79 Å². The standard InChI is InChI=1S/C15H17ClO4/c1-14(2,3)20-13(18)15(16)8-9-5-6-10(19-4)7-11(9)12(15)17/h5-7H,8H2,1-4H3/t15-/m1/s1. The molecule has 4 nitrogen and oxygen atoms in total. The number of hydrogen-bond acceptors (Lipinski definition) is 4. The predicted molar refractivity (Wildman–Crippen MR) is 75.5 cm³/mol. The van der Waals surface area contributed by atoms with Crippen LogP contribution in [0.4, 0.5) is 0 Å². The van der Waals surface area contributed by atoms with Crippen molar-refractivity contribution in [2.24, 2.45) is 0 Å². The number of carbonyl (C=O) groups is 2. The molecule has 0 saturated carbocycles. The maximum absolute atomic E-state index is 12.4. The molecular formula is C15H17ClO4. The Hall–Kier alpha value is -1.55. The van der Waals surface area contributed by atoms with Gasteiger partial charge in [-0.25, -0.2) is 4.79 Å². The Balaban J connectivity index is 2.33. The summed E-state index contributed by atoms with van der Waals surface area (Å²) in [7, 11) is 1.52. The number of methoxy groups -OCH3 is 1. The first kappa shape index (κ1) is 14.9. The minimum Gasteiger partial charge on any atom is -0.497 e. The molecule has 0 saturated heterocycles. The van der Waals surface area contributed by atoms with Crippen LogP contribution in [-0.2, 0) is 16.0 Å². The van der Waals surface area contributed by atoms with Gasteiger partial charge in [0.15, 0.2) is 5.78 Å². The molecular weight excluding hydrogens is 280 g/mol. The molecule has 0 N–H and O–H groups in total. The third kappa shape index (κ3) is 2.52. The Bertz CT molecular complexity index is 574. The van der Waals surface area contributed by atoms with Gasteiger partial charge in [-0.1, -0.05) is 17.7 Å². The van der Waals surface area contributed by atoms with Gasteiger partial charge in [0.1, 0.15) is 11.4 Å². The Labute approximate surface area is 123 Å². The number of benzene rings is 1.